The van der Waals surface area contributed by atoms with E-state index in [0.29, 0.717) is 35.2 Å². The lowest BCUT2D eigenvalue weighted by Gasteiger charge is -2.12. The first-order valence-corrected chi connectivity index (χ1v) is 6.22. The lowest BCUT2D eigenvalue weighted by Crippen LogP contribution is -2.23. The molecule has 1 aromatic rings. The molecule has 1 aliphatic carbocycles. The van der Waals surface area contributed by atoms with Gasteiger partial charge in [-0.25, -0.2) is 0 Å². The molecule has 0 aliphatic heterocycles. The summed E-state index contributed by atoms with van der Waals surface area (Å²) in [6, 6.07) is 8.30. The molecule has 0 heterocycles. The second-order valence-corrected chi connectivity index (χ2v) is 5.05. The fraction of sp³-hybridized carbons (Fsp3) is 0.333. The van der Waals surface area contributed by atoms with E-state index in [1.165, 1.54) is 6.07 Å². The molecule has 1 N–H and O–H groups in total. The Morgan fingerprint density at radius 3 is 2.67 bits per heavy atom. The van der Waals surface area contributed by atoms with Gasteiger partial charge in [-0.15, -0.1) is 0 Å². The maximum absolute atomic E-state index is 12.3. The number of thioether (sulfide) groups is 1. The van der Waals surface area contributed by atoms with Crippen molar-refractivity contribution in [3.63, 3.8) is 0 Å². The molecule has 0 bridgehead atoms. The Hall–Kier alpha value is -1.61. The highest BCUT2D eigenvalue weighted by Gasteiger charge is 2.50. The number of rotatable bonds is 4. The van der Waals surface area contributed by atoms with E-state index in [0.717, 1.165) is 0 Å². The van der Waals surface area contributed by atoms with Crippen LogP contribution >= 0.6 is 11.8 Å². The minimum absolute atomic E-state index is 0.301. The van der Waals surface area contributed by atoms with E-state index < -0.39 is 17.1 Å². The molecule has 6 heteroatoms. The number of nitriles is 1. The quantitative estimate of drug-likeness (QED) is 0.853. The Labute approximate surface area is 107 Å². The first-order valence-electron chi connectivity index (χ1n) is 5.34. The van der Waals surface area contributed by atoms with E-state index in [1.54, 1.807) is 18.2 Å². The van der Waals surface area contributed by atoms with E-state index in [9.17, 15) is 13.6 Å². The summed E-state index contributed by atoms with van der Waals surface area (Å²) >= 11 is 0.375. The van der Waals surface area contributed by atoms with Crippen molar-refractivity contribution in [3.8, 4) is 6.07 Å². The Bertz CT molecular complexity index is 509. The number of nitrogens with one attached hydrogen (secondary N) is 1. The summed E-state index contributed by atoms with van der Waals surface area (Å²) in [5, 5.41) is 11.4. The zero-order chi connectivity index (χ0) is 13.2. The van der Waals surface area contributed by atoms with Crippen LogP contribution in [-0.4, -0.2) is 11.7 Å². The van der Waals surface area contributed by atoms with Gasteiger partial charge in [-0.1, -0.05) is 23.9 Å². The van der Waals surface area contributed by atoms with Gasteiger partial charge in [0.15, 0.2) is 0 Å². The average molecular weight is 268 g/mol. The summed E-state index contributed by atoms with van der Waals surface area (Å²) in [6.07, 6.45) is 1.05. The maximum Gasteiger partial charge on any atom is 0.288 e. The second kappa shape index (κ2) is 4.94. The van der Waals surface area contributed by atoms with Gasteiger partial charge < -0.3 is 5.32 Å². The molecule has 2 rings (SSSR count). The molecule has 0 radical (unpaired) electrons. The summed E-state index contributed by atoms with van der Waals surface area (Å²) in [7, 11) is 0. The van der Waals surface area contributed by atoms with Crippen LogP contribution in [0.5, 0.6) is 0 Å². The molecular weight excluding hydrogens is 258 g/mol. The molecule has 18 heavy (non-hydrogen) atoms. The first kappa shape index (κ1) is 12.8. The number of nitrogens with zero attached hydrogens (tertiary/aromatic N) is 1. The van der Waals surface area contributed by atoms with Gasteiger partial charge in [0.25, 0.3) is 5.76 Å². The highest BCUT2D eigenvalue weighted by molar-refractivity contribution is 7.99. The Morgan fingerprint density at radius 1 is 1.44 bits per heavy atom. The number of para-hydroxylation sites is 1. The van der Waals surface area contributed by atoms with Gasteiger partial charge in [0.2, 0.25) is 5.91 Å². The third-order valence-corrected chi connectivity index (χ3v) is 3.54. The van der Waals surface area contributed by atoms with Crippen molar-refractivity contribution in [2.45, 2.75) is 23.5 Å². The first-order chi connectivity index (χ1) is 8.57. The zero-order valence-corrected chi connectivity index (χ0v) is 10.1. The Morgan fingerprint density at radius 2 is 2.11 bits per heavy atom. The Balaban J connectivity index is 2.14. The van der Waals surface area contributed by atoms with Gasteiger partial charge in [0.1, 0.15) is 5.41 Å². The molecule has 1 aliphatic rings. The van der Waals surface area contributed by atoms with Crippen LogP contribution in [0.3, 0.4) is 0 Å². The predicted molar refractivity (Wildman–Crippen MR) is 64.2 cm³/mol. The number of amides is 1. The fourth-order valence-electron chi connectivity index (χ4n) is 1.53. The predicted octanol–water partition coefficient (Wildman–Crippen LogP) is 3.24. The summed E-state index contributed by atoms with van der Waals surface area (Å²) in [6.45, 7) is 0. The molecular formula is C12H10F2N2OS. The maximum atomic E-state index is 12.3. The standard InChI is InChI=1S/C12H10F2N2OS/c13-11(14)18-9-4-2-1-3-8(9)16-10(17)12(7-15)5-6-12/h1-4,11H,5-6H2,(H,16,17). The van der Waals surface area contributed by atoms with Gasteiger partial charge in [-0.2, -0.15) is 14.0 Å². The highest BCUT2D eigenvalue weighted by atomic mass is 32.2. The van der Waals surface area contributed by atoms with Crippen molar-refractivity contribution in [1.29, 1.82) is 5.26 Å². The van der Waals surface area contributed by atoms with Crippen LogP contribution in [0.25, 0.3) is 0 Å². The molecule has 0 aromatic heterocycles. The van der Waals surface area contributed by atoms with Gasteiger partial charge >= 0.3 is 0 Å². The number of hydrogen-bond donors (Lipinski definition) is 1. The van der Waals surface area contributed by atoms with Gasteiger partial charge in [-0.3, -0.25) is 4.79 Å². The summed E-state index contributed by atoms with van der Waals surface area (Å²) in [5.74, 6) is -2.96. The van der Waals surface area contributed by atoms with Crippen molar-refractivity contribution in [1.82, 2.24) is 0 Å². The average Bonchev–Trinajstić information content (AvgIpc) is 3.12. The molecule has 0 saturated heterocycles. The fourth-order valence-corrected chi connectivity index (χ4v) is 2.12. The highest BCUT2D eigenvalue weighted by Crippen LogP contribution is 2.46. The molecule has 0 spiro atoms. The normalized spacial score (nSPS) is 16.1. The van der Waals surface area contributed by atoms with E-state index in [1.807, 2.05) is 6.07 Å². The monoisotopic (exact) mass is 268 g/mol. The Kier molecular flexibility index (Phi) is 3.53. The number of anilines is 1. The van der Waals surface area contributed by atoms with Gasteiger partial charge in [-0.05, 0) is 25.0 Å². The van der Waals surface area contributed by atoms with E-state index in [-0.39, 0.29) is 0 Å². The molecule has 1 fully saturated rings. The molecule has 1 saturated carbocycles. The second-order valence-electron chi connectivity index (χ2n) is 4.02. The third kappa shape index (κ3) is 2.62. The van der Waals surface area contributed by atoms with Crippen LogP contribution in [0, 0.1) is 16.7 Å². The largest absolute Gasteiger partial charge is 0.324 e. The van der Waals surface area contributed by atoms with Crippen molar-refractivity contribution >= 4 is 23.4 Å². The van der Waals surface area contributed by atoms with Crippen LogP contribution in [0.2, 0.25) is 0 Å². The lowest BCUT2D eigenvalue weighted by molar-refractivity contribution is -0.119. The number of hydrogen-bond acceptors (Lipinski definition) is 3. The third-order valence-electron chi connectivity index (χ3n) is 2.75. The molecule has 94 valence electrons. The number of carbonyl (C=O) groups excluding carboxylic acids is 1. The SMILES string of the molecule is N#CC1(C(=O)Nc2ccccc2SC(F)F)CC1. The minimum atomic E-state index is -2.55. The number of alkyl halides is 2. The van der Waals surface area contributed by atoms with Crippen molar-refractivity contribution in [3.05, 3.63) is 24.3 Å². The van der Waals surface area contributed by atoms with Crippen LogP contribution in [-0.2, 0) is 4.79 Å². The molecule has 0 atom stereocenters. The topological polar surface area (TPSA) is 52.9 Å². The number of benzene rings is 1. The number of halogens is 2. The van der Waals surface area contributed by atoms with Gasteiger partial charge in [0, 0.05) is 4.90 Å². The van der Waals surface area contributed by atoms with Crippen LogP contribution < -0.4 is 5.32 Å². The molecule has 1 amide bonds. The summed E-state index contributed by atoms with van der Waals surface area (Å²) in [5.41, 5.74) is -0.628. The van der Waals surface area contributed by atoms with Crippen LogP contribution in [0.15, 0.2) is 29.2 Å². The molecule has 3 nitrogen and oxygen atoms in total. The zero-order valence-electron chi connectivity index (χ0n) is 9.32. The van der Waals surface area contributed by atoms with Gasteiger partial charge in [0.05, 0.1) is 11.8 Å². The summed E-state index contributed by atoms with van der Waals surface area (Å²) < 4.78 is 24.7. The van der Waals surface area contributed by atoms with E-state index in [2.05, 4.69) is 5.32 Å². The molecule has 0 unspecified atom stereocenters. The van der Waals surface area contributed by atoms with Crippen molar-refractivity contribution in [2.75, 3.05) is 5.32 Å². The number of carbonyl (C=O) groups is 1. The lowest BCUT2D eigenvalue weighted by atomic mass is 10.1. The van der Waals surface area contributed by atoms with Crippen molar-refractivity contribution in [2.24, 2.45) is 5.41 Å². The van der Waals surface area contributed by atoms with Crippen molar-refractivity contribution < 1.29 is 13.6 Å². The van der Waals surface area contributed by atoms with Crippen LogP contribution in [0.4, 0.5) is 14.5 Å². The van der Waals surface area contributed by atoms with Crippen LogP contribution in [0.1, 0.15) is 12.8 Å². The van der Waals surface area contributed by atoms with E-state index in [4.69, 9.17) is 5.26 Å². The smallest absolute Gasteiger partial charge is 0.288 e. The molecule has 1 aromatic carbocycles. The minimum Gasteiger partial charge on any atom is -0.324 e. The summed E-state index contributed by atoms with van der Waals surface area (Å²) in [4.78, 5) is 12.1. The van der Waals surface area contributed by atoms with E-state index >= 15 is 0 Å².